The fourth-order valence-corrected chi connectivity index (χ4v) is 1.94. The number of morpholine rings is 1. The molecule has 1 saturated heterocycles. The third-order valence-electron chi connectivity index (χ3n) is 1.72. The summed E-state index contributed by atoms with van der Waals surface area (Å²) >= 11 is 1.78. The lowest BCUT2D eigenvalue weighted by Crippen LogP contribution is -2.32. The normalized spacial score (nSPS) is 18.5. The second kappa shape index (κ2) is 6.23. The maximum atomic E-state index is 10.5. The fourth-order valence-electron chi connectivity index (χ4n) is 1.08. The van der Waals surface area contributed by atoms with Crippen molar-refractivity contribution < 1.29 is 9.53 Å². The van der Waals surface area contributed by atoms with E-state index in [9.17, 15) is 4.79 Å². The van der Waals surface area contributed by atoms with Gasteiger partial charge < -0.3 is 10.1 Å². The first kappa shape index (κ1) is 10.8. The van der Waals surface area contributed by atoms with Crippen LogP contribution in [0.15, 0.2) is 0 Å². The molecule has 1 rings (SSSR count). The van der Waals surface area contributed by atoms with Gasteiger partial charge in [0.25, 0.3) is 0 Å². The SMILES string of the molecule is CC(=O)NCCSN1CCOCC1. The van der Waals surface area contributed by atoms with Crippen LogP contribution in [-0.4, -0.2) is 48.8 Å². The van der Waals surface area contributed by atoms with E-state index in [4.69, 9.17) is 4.74 Å². The van der Waals surface area contributed by atoms with Crippen LogP contribution in [0.1, 0.15) is 6.92 Å². The Morgan fingerprint density at radius 1 is 1.54 bits per heavy atom. The van der Waals surface area contributed by atoms with Crippen LogP contribution in [0.4, 0.5) is 0 Å². The average Bonchev–Trinajstić information content (AvgIpc) is 2.14. The molecule has 0 bridgehead atoms. The molecule has 1 N–H and O–H groups in total. The monoisotopic (exact) mass is 204 g/mol. The van der Waals surface area contributed by atoms with Crippen LogP contribution in [-0.2, 0) is 9.53 Å². The Hall–Kier alpha value is -0.260. The second-order valence-electron chi connectivity index (χ2n) is 2.86. The highest BCUT2D eigenvalue weighted by Gasteiger charge is 2.09. The number of nitrogens with zero attached hydrogens (tertiary/aromatic N) is 1. The van der Waals surface area contributed by atoms with E-state index in [1.54, 1.807) is 18.9 Å². The summed E-state index contributed by atoms with van der Waals surface area (Å²) in [4.78, 5) is 10.5. The molecular formula is C8H16N2O2S. The Kier molecular flexibility index (Phi) is 5.19. The van der Waals surface area contributed by atoms with Crippen LogP contribution in [0.3, 0.4) is 0 Å². The van der Waals surface area contributed by atoms with Gasteiger partial charge in [0.2, 0.25) is 5.91 Å². The summed E-state index contributed by atoms with van der Waals surface area (Å²) in [6, 6.07) is 0. The minimum atomic E-state index is 0.0441. The van der Waals surface area contributed by atoms with Crippen LogP contribution in [0.25, 0.3) is 0 Å². The van der Waals surface area contributed by atoms with E-state index in [0.717, 1.165) is 38.6 Å². The minimum Gasteiger partial charge on any atom is -0.379 e. The number of hydrogen-bond acceptors (Lipinski definition) is 4. The van der Waals surface area contributed by atoms with Gasteiger partial charge in [-0.1, -0.05) is 11.9 Å². The lowest BCUT2D eigenvalue weighted by Gasteiger charge is -2.25. The van der Waals surface area contributed by atoms with E-state index in [1.807, 2.05) is 0 Å². The van der Waals surface area contributed by atoms with Gasteiger partial charge in [0.15, 0.2) is 0 Å². The molecule has 1 aliphatic rings. The molecule has 0 spiro atoms. The molecule has 76 valence electrons. The Morgan fingerprint density at radius 3 is 2.85 bits per heavy atom. The number of carbonyl (C=O) groups excluding carboxylic acids is 1. The largest absolute Gasteiger partial charge is 0.379 e. The predicted octanol–water partition coefficient (Wildman–Crippen LogP) is 0.103. The zero-order valence-electron chi connectivity index (χ0n) is 7.91. The van der Waals surface area contributed by atoms with Gasteiger partial charge in [0.1, 0.15) is 0 Å². The molecule has 1 fully saturated rings. The van der Waals surface area contributed by atoms with Crippen molar-refractivity contribution in [3.05, 3.63) is 0 Å². The van der Waals surface area contributed by atoms with Crippen molar-refractivity contribution in [1.29, 1.82) is 0 Å². The quantitative estimate of drug-likeness (QED) is 0.521. The van der Waals surface area contributed by atoms with Crippen molar-refractivity contribution in [2.24, 2.45) is 0 Å². The van der Waals surface area contributed by atoms with Crippen molar-refractivity contribution >= 4 is 17.9 Å². The van der Waals surface area contributed by atoms with E-state index in [0.29, 0.717) is 0 Å². The first-order chi connectivity index (χ1) is 6.29. The van der Waals surface area contributed by atoms with Crippen LogP contribution in [0, 0.1) is 0 Å². The number of hydrogen-bond donors (Lipinski definition) is 1. The average molecular weight is 204 g/mol. The Labute approximate surface area is 83.1 Å². The molecule has 0 aromatic carbocycles. The van der Waals surface area contributed by atoms with Crippen LogP contribution < -0.4 is 5.32 Å². The van der Waals surface area contributed by atoms with E-state index in [2.05, 4.69) is 9.62 Å². The van der Waals surface area contributed by atoms with Gasteiger partial charge in [-0.05, 0) is 0 Å². The fraction of sp³-hybridized carbons (Fsp3) is 0.875. The molecule has 0 radical (unpaired) electrons. The summed E-state index contributed by atoms with van der Waals surface area (Å²) in [5.74, 6) is 0.988. The number of carbonyl (C=O) groups is 1. The minimum absolute atomic E-state index is 0.0441. The van der Waals surface area contributed by atoms with Gasteiger partial charge in [-0.2, -0.15) is 0 Å². The van der Waals surface area contributed by atoms with Crippen molar-refractivity contribution in [2.75, 3.05) is 38.6 Å². The molecule has 0 saturated carbocycles. The van der Waals surface area contributed by atoms with Crippen molar-refractivity contribution in [2.45, 2.75) is 6.92 Å². The Morgan fingerprint density at radius 2 is 2.23 bits per heavy atom. The van der Waals surface area contributed by atoms with Crippen LogP contribution in [0.2, 0.25) is 0 Å². The standard InChI is InChI=1S/C8H16N2O2S/c1-8(11)9-2-7-13-10-3-5-12-6-4-10/h2-7H2,1H3,(H,9,11). The summed E-state index contributed by atoms with van der Waals surface area (Å²) in [6.07, 6.45) is 0. The highest BCUT2D eigenvalue weighted by Crippen LogP contribution is 2.10. The number of nitrogens with one attached hydrogen (secondary N) is 1. The highest BCUT2D eigenvalue weighted by molar-refractivity contribution is 7.97. The zero-order valence-corrected chi connectivity index (χ0v) is 8.73. The summed E-state index contributed by atoms with van der Waals surface area (Å²) in [7, 11) is 0. The smallest absolute Gasteiger partial charge is 0.216 e. The summed E-state index contributed by atoms with van der Waals surface area (Å²) in [6.45, 7) is 5.92. The van der Waals surface area contributed by atoms with Crippen molar-refractivity contribution in [3.8, 4) is 0 Å². The Bertz CT molecular complexity index is 160. The Balaban J connectivity index is 1.95. The third kappa shape index (κ3) is 5.13. The van der Waals surface area contributed by atoms with Gasteiger partial charge in [0, 0.05) is 32.3 Å². The van der Waals surface area contributed by atoms with E-state index in [1.165, 1.54) is 0 Å². The van der Waals surface area contributed by atoms with E-state index in [-0.39, 0.29) is 5.91 Å². The molecule has 0 aliphatic carbocycles. The lowest BCUT2D eigenvalue weighted by atomic mass is 10.5. The molecule has 0 atom stereocenters. The predicted molar refractivity (Wildman–Crippen MR) is 53.5 cm³/mol. The third-order valence-corrected chi connectivity index (χ3v) is 2.84. The maximum Gasteiger partial charge on any atom is 0.216 e. The molecule has 1 aliphatic heterocycles. The van der Waals surface area contributed by atoms with Gasteiger partial charge in [-0.15, -0.1) is 0 Å². The second-order valence-corrected chi connectivity index (χ2v) is 4.04. The van der Waals surface area contributed by atoms with Gasteiger partial charge >= 0.3 is 0 Å². The van der Waals surface area contributed by atoms with E-state index < -0.39 is 0 Å². The molecule has 0 aromatic heterocycles. The van der Waals surface area contributed by atoms with Crippen LogP contribution in [0.5, 0.6) is 0 Å². The van der Waals surface area contributed by atoms with Gasteiger partial charge in [-0.3, -0.25) is 4.79 Å². The van der Waals surface area contributed by atoms with Crippen molar-refractivity contribution in [3.63, 3.8) is 0 Å². The molecule has 13 heavy (non-hydrogen) atoms. The molecule has 0 aromatic rings. The van der Waals surface area contributed by atoms with Crippen LogP contribution >= 0.6 is 11.9 Å². The number of rotatable bonds is 4. The first-order valence-corrected chi connectivity index (χ1v) is 5.43. The van der Waals surface area contributed by atoms with Gasteiger partial charge in [-0.25, -0.2) is 4.31 Å². The number of amides is 1. The van der Waals surface area contributed by atoms with E-state index >= 15 is 0 Å². The molecule has 4 nitrogen and oxygen atoms in total. The first-order valence-electron chi connectivity index (χ1n) is 4.49. The molecule has 1 heterocycles. The summed E-state index contributed by atoms with van der Waals surface area (Å²) in [5, 5.41) is 2.77. The molecule has 1 amide bonds. The molecule has 5 heteroatoms. The van der Waals surface area contributed by atoms with Crippen molar-refractivity contribution in [1.82, 2.24) is 9.62 Å². The lowest BCUT2D eigenvalue weighted by molar-refractivity contribution is -0.118. The maximum absolute atomic E-state index is 10.5. The molecule has 0 unspecified atom stereocenters. The molecular weight excluding hydrogens is 188 g/mol. The topological polar surface area (TPSA) is 41.6 Å². The zero-order chi connectivity index (χ0) is 9.52. The highest BCUT2D eigenvalue weighted by atomic mass is 32.2. The summed E-state index contributed by atoms with van der Waals surface area (Å²) in [5.41, 5.74) is 0. The van der Waals surface area contributed by atoms with Gasteiger partial charge in [0.05, 0.1) is 13.2 Å². The number of ether oxygens (including phenoxy) is 1. The summed E-state index contributed by atoms with van der Waals surface area (Å²) < 4.78 is 7.50.